The van der Waals surface area contributed by atoms with Gasteiger partial charge in [0.25, 0.3) is 0 Å². The van der Waals surface area contributed by atoms with Crippen molar-refractivity contribution in [1.82, 2.24) is 0 Å². The first-order chi connectivity index (χ1) is 7.40. The fourth-order valence-electron chi connectivity index (χ4n) is 1.71. The van der Waals surface area contributed by atoms with Crippen molar-refractivity contribution in [3.63, 3.8) is 0 Å². The Hall–Kier alpha value is -1.31. The van der Waals surface area contributed by atoms with Gasteiger partial charge in [0.05, 0.1) is 6.10 Å². The van der Waals surface area contributed by atoms with Crippen LogP contribution in [-0.2, 0) is 11.2 Å². The molecule has 0 radical (unpaired) electrons. The van der Waals surface area contributed by atoms with Gasteiger partial charge < -0.3 is 9.53 Å². The second-order valence-corrected chi connectivity index (χ2v) is 3.98. The van der Waals surface area contributed by atoms with Gasteiger partial charge in [-0.15, -0.1) is 0 Å². The number of carbonyl (C=O) groups is 1. The Morgan fingerprint density at radius 1 is 1.33 bits per heavy atom. The maximum Gasteiger partial charge on any atom is 0.122 e. The van der Waals surface area contributed by atoms with E-state index in [4.69, 9.17) is 4.74 Å². The Morgan fingerprint density at radius 2 is 2.13 bits per heavy atom. The highest BCUT2D eigenvalue weighted by Crippen LogP contribution is 2.27. The van der Waals surface area contributed by atoms with Gasteiger partial charge in [0.15, 0.2) is 0 Å². The molecule has 0 heterocycles. The van der Waals surface area contributed by atoms with Crippen LogP contribution in [0.3, 0.4) is 0 Å². The molecule has 1 saturated carbocycles. The predicted molar refractivity (Wildman–Crippen MR) is 59.1 cm³/mol. The summed E-state index contributed by atoms with van der Waals surface area (Å²) < 4.78 is 5.86. The van der Waals surface area contributed by atoms with Gasteiger partial charge in [-0.25, -0.2) is 0 Å². The molecule has 2 nitrogen and oxygen atoms in total. The van der Waals surface area contributed by atoms with Crippen molar-refractivity contribution in [2.75, 3.05) is 0 Å². The molecule has 15 heavy (non-hydrogen) atoms. The summed E-state index contributed by atoms with van der Waals surface area (Å²) >= 11 is 0. The second-order valence-electron chi connectivity index (χ2n) is 3.98. The zero-order valence-corrected chi connectivity index (χ0v) is 8.82. The van der Waals surface area contributed by atoms with Gasteiger partial charge in [-0.1, -0.05) is 18.2 Å². The summed E-state index contributed by atoms with van der Waals surface area (Å²) in [6.07, 6.45) is 6.34. The first-order valence-corrected chi connectivity index (χ1v) is 5.58. The molecule has 1 aliphatic rings. The van der Waals surface area contributed by atoms with Crippen molar-refractivity contribution >= 4 is 6.29 Å². The number of rotatable bonds is 5. The van der Waals surface area contributed by atoms with Crippen LogP contribution >= 0.6 is 0 Å². The number of carbonyl (C=O) groups excluding carboxylic acids is 1. The predicted octanol–water partition coefficient (Wildman–Crippen LogP) is 2.75. The highest BCUT2D eigenvalue weighted by atomic mass is 16.5. The van der Waals surface area contributed by atoms with Crippen LogP contribution in [0.1, 0.15) is 31.2 Å². The minimum Gasteiger partial charge on any atom is -0.490 e. The summed E-state index contributed by atoms with van der Waals surface area (Å²) in [4.78, 5) is 10.3. The average Bonchev–Trinajstić information content (AvgIpc) is 2.22. The molecule has 80 valence electrons. The SMILES string of the molecule is O=CCCc1ccccc1OC1CCC1. The van der Waals surface area contributed by atoms with Gasteiger partial charge in [0.2, 0.25) is 0 Å². The molecule has 0 unspecified atom stereocenters. The van der Waals surface area contributed by atoms with Crippen molar-refractivity contribution in [2.24, 2.45) is 0 Å². The molecule has 2 heteroatoms. The minimum absolute atomic E-state index is 0.405. The lowest BCUT2D eigenvalue weighted by Crippen LogP contribution is -2.25. The van der Waals surface area contributed by atoms with E-state index in [0.29, 0.717) is 12.5 Å². The standard InChI is InChI=1S/C13H16O2/c14-10-4-6-11-5-1-2-9-13(11)15-12-7-3-8-12/h1-2,5,9-10,12H,3-4,6-8H2. The quantitative estimate of drug-likeness (QED) is 0.689. The van der Waals surface area contributed by atoms with E-state index in [1.165, 1.54) is 19.3 Å². The topological polar surface area (TPSA) is 26.3 Å². The average molecular weight is 204 g/mol. The molecule has 2 rings (SSSR count). The van der Waals surface area contributed by atoms with Gasteiger partial charge in [-0.05, 0) is 37.3 Å². The van der Waals surface area contributed by atoms with Crippen molar-refractivity contribution in [3.05, 3.63) is 29.8 Å². The number of aldehydes is 1. The van der Waals surface area contributed by atoms with Gasteiger partial charge >= 0.3 is 0 Å². The first-order valence-electron chi connectivity index (χ1n) is 5.58. The zero-order chi connectivity index (χ0) is 10.5. The molecule has 0 atom stereocenters. The van der Waals surface area contributed by atoms with Gasteiger partial charge in [0.1, 0.15) is 12.0 Å². The fourth-order valence-corrected chi connectivity index (χ4v) is 1.71. The maximum atomic E-state index is 10.3. The number of para-hydroxylation sites is 1. The fraction of sp³-hybridized carbons (Fsp3) is 0.462. The van der Waals surface area contributed by atoms with Crippen molar-refractivity contribution in [2.45, 2.75) is 38.2 Å². The monoisotopic (exact) mass is 204 g/mol. The Kier molecular flexibility index (Phi) is 3.38. The smallest absolute Gasteiger partial charge is 0.122 e. The summed E-state index contributed by atoms with van der Waals surface area (Å²) in [5, 5.41) is 0. The number of benzene rings is 1. The molecule has 0 aliphatic heterocycles. The summed E-state index contributed by atoms with van der Waals surface area (Å²) in [5.41, 5.74) is 1.15. The lowest BCUT2D eigenvalue weighted by Gasteiger charge is -2.27. The molecule has 0 aromatic heterocycles. The third kappa shape index (κ3) is 2.58. The number of aryl methyl sites for hydroxylation is 1. The van der Waals surface area contributed by atoms with Crippen LogP contribution < -0.4 is 4.74 Å². The second kappa shape index (κ2) is 4.96. The van der Waals surface area contributed by atoms with Crippen molar-refractivity contribution < 1.29 is 9.53 Å². The minimum atomic E-state index is 0.405. The molecule has 1 aromatic carbocycles. The normalized spacial score (nSPS) is 15.7. The molecular weight excluding hydrogens is 188 g/mol. The van der Waals surface area contributed by atoms with Crippen LogP contribution in [0.25, 0.3) is 0 Å². The molecule has 0 N–H and O–H groups in total. The lowest BCUT2D eigenvalue weighted by atomic mass is 9.96. The van der Waals surface area contributed by atoms with E-state index < -0.39 is 0 Å². The summed E-state index contributed by atoms with van der Waals surface area (Å²) in [7, 11) is 0. The van der Waals surface area contributed by atoms with Crippen molar-refractivity contribution in [1.29, 1.82) is 0 Å². The summed E-state index contributed by atoms with van der Waals surface area (Å²) in [6, 6.07) is 8.02. The van der Waals surface area contributed by atoms with Crippen LogP contribution in [0.4, 0.5) is 0 Å². The Labute approximate surface area is 90.3 Å². The molecule has 1 aliphatic carbocycles. The van der Waals surface area contributed by atoms with E-state index in [1.807, 2.05) is 24.3 Å². The first kappa shape index (κ1) is 10.2. The van der Waals surface area contributed by atoms with Crippen LogP contribution in [0.2, 0.25) is 0 Å². The Bertz CT molecular complexity index is 329. The van der Waals surface area contributed by atoms with E-state index in [-0.39, 0.29) is 0 Å². The van der Waals surface area contributed by atoms with Gasteiger partial charge in [-0.2, -0.15) is 0 Å². The van der Waals surface area contributed by atoms with E-state index in [0.717, 1.165) is 24.0 Å². The third-order valence-corrected chi connectivity index (χ3v) is 2.85. The van der Waals surface area contributed by atoms with Crippen LogP contribution in [-0.4, -0.2) is 12.4 Å². The van der Waals surface area contributed by atoms with E-state index in [9.17, 15) is 4.79 Å². The van der Waals surface area contributed by atoms with E-state index in [1.54, 1.807) is 0 Å². The highest BCUT2D eigenvalue weighted by Gasteiger charge is 2.19. The molecule has 0 saturated heterocycles. The van der Waals surface area contributed by atoms with E-state index in [2.05, 4.69) is 0 Å². The summed E-state index contributed by atoms with van der Waals surface area (Å²) in [6.45, 7) is 0. The Balaban J connectivity index is 2.02. The third-order valence-electron chi connectivity index (χ3n) is 2.85. The van der Waals surface area contributed by atoms with Gasteiger partial charge in [0, 0.05) is 6.42 Å². The largest absolute Gasteiger partial charge is 0.490 e. The summed E-state index contributed by atoms with van der Waals surface area (Å²) in [5.74, 6) is 0.962. The number of hydrogen-bond donors (Lipinski definition) is 0. The zero-order valence-electron chi connectivity index (χ0n) is 8.82. The lowest BCUT2D eigenvalue weighted by molar-refractivity contribution is -0.107. The number of ether oxygens (including phenoxy) is 1. The molecular formula is C13H16O2. The van der Waals surface area contributed by atoms with Crippen molar-refractivity contribution in [3.8, 4) is 5.75 Å². The van der Waals surface area contributed by atoms with Crippen LogP contribution in [0, 0.1) is 0 Å². The van der Waals surface area contributed by atoms with E-state index >= 15 is 0 Å². The molecule has 0 bridgehead atoms. The number of hydrogen-bond acceptors (Lipinski definition) is 2. The Morgan fingerprint density at radius 3 is 2.80 bits per heavy atom. The molecule has 0 amide bonds. The van der Waals surface area contributed by atoms with Crippen LogP contribution in [0.5, 0.6) is 5.75 Å². The van der Waals surface area contributed by atoms with Gasteiger partial charge in [-0.3, -0.25) is 0 Å². The highest BCUT2D eigenvalue weighted by molar-refractivity contribution is 5.50. The molecule has 0 spiro atoms. The molecule has 1 fully saturated rings. The maximum absolute atomic E-state index is 10.3. The molecule has 1 aromatic rings. The van der Waals surface area contributed by atoms with Crippen LogP contribution in [0.15, 0.2) is 24.3 Å².